The quantitative estimate of drug-likeness (QED) is 0.849. The Kier molecular flexibility index (Phi) is 3.98. The molecule has 2 atom stereocenters. The van der Waals surface area contributed by atoms with Gasteiger partial charge in [-0.05, 0) is 43.9 Å². The average molecular weight is 300 g/mol. The number of hydrogen-bond acceptors (Lipinski definition) is 4. The molecule has 1 aliphatic rings. The van der Waals surface area contributed by atoms with E-state index in [0.717, 1.165) is 24.6 Å². The Morgan fingerprint density at radius 2 is 2.14 bits per heavy atom. The fourth-order valence-electron chi connectivity index (χ4n) is 3.32. The summed E-state index contributed by atoms with van der Waals surface area (Å²) in [4.78, 5) is 24.7. The van der Waals surface area contributed by atoms with E-state index >= 15 is 0 Å². The monoisotopic (exact) mass is 300 g/mol. The summed E-state index contributed by atoms with van der Waals surface area (Å²) >= 11 is 0. The zero-order valence-electron chi connectivity index (χ0n) is 12.6. The summed E-state index contributed by atoms with van der Waals surface area (Å²) < 4.78 is 5.27. The number of fused-ring (bicyclic) bond motifs is 1. The van der Waals surface area contributed by atoms with E-state index in [9.17, 15) is 9.59 Å². The Morgan fingerprint density at radius 3 is 2.91 bits per heavy atom. The number of para-hydroxylation sites is 1. The molecule has 0 saturated heterocycles. The molecule has 2 aromatic rings. The van der Waals surface area contributed by atoms with E-state index in [-0.39, 0.29) is 23.4 Å². The van der Waals surface area contributed by atoms with Crippen molar-refractivity contribution in [2.24, 2.45) is 11.7 Å². The second-order valence-corrected chi connectivity index (χ2v) is 5.89. The summed E-state index contributed by atoms with van der Waals surface area (Å²) in [7, 11) is 0. The molecule has 1 aromatic heterocycles. The maximum Gasteiger partial charge on any atom is 0.349 e. The normalized spacial score (nSPS) is 21.2. The number of hydrogen-bond donors (Lipinski definition) is 2. The number of rotatable bonds is 3. The van der Waals surface area contributed by atoms with Crippen molar-refractivity contribution in [2.75, 3.05) is 6.54 Å². The molecule has 116 valence electrons. The van der Waals surface area contributed by atoms with Crippen molar-refractivity contribution in [1.29, 1.82) is 0 Å². The minimum atomic E-state index is -0.587. The van der Waals surface area contributed by atoms with E-state index in [2.05, 4.69) is 5.32 Å². The number of nitrogens with two attached hydrogens (primary N) is 1. The van der Waals surface area contributed by atoms with Crippen LogP contribution in [0, 0.1) is 12.8 Å². The van der Waals surface area contributed by atoms with Crippen LogP contribution < -0.4 is 16.7 Å². The van der Waals surface area contributed by atoms with E-state index in [1.165, 1.54) is 0 Å². The van der Waals surface area contributed by atoms with Gasteiger partial charge in [0.05, 0.1) is 0 Å². The molecule has 2 unspecified atom stereocenters. The second-order valence-electron chi connectivity index (χ2n) is 5.89. The minimum absolute atomic E-state index is 0.0442. The van der Waals surface area contributed by atoms with Gasteiger partial charge in [-0.2, -0.15) is 0 Å². The highest BCUT2D eigenvalue weighted by molar-refractivity contribution is 5.99. The van der Waals surface area contributed by atoms with Crippen LogP contribution in [0.1, 0.15) is 35.2 Å². The SMILES string of the molecule is Cc1c(C(=O)NC2CCCC2CN)c(=O)oc2ccccc12. The summed E-state index contributed by atoms with van der Waals surface area (Å²) in [5, 5.41) is 3.75. The molecule has 0 bridgehead atoms. The molecule has 5 nitrogen and oxygen atoms in total. The molecule has 1 saturated carbocycles. The highest BCUT2D eigenvalue weighted by Crippen LogP contribution is 2.25. The Bertz CT molecular complexity index is 766. The van der Waals surface area contributed by atoms with Gasteiger partial charge in [0.25, 0.3) is 5.91 Å². The Labute approximate surface area is 128 Å². The molecule has 0 radical (unpaired) electrons. The van der Waals surface area contributed by atoms with Gasteiger partial charge in [-0.15, -0.1) is 0 Å². The molecule has 1 aliphatic carbocycles. The van der Waals surface area contributed by atoms with Gasteiger partial charge in [0.1, 0.15) is 11.1 Å². The molecule has 1 aromatic carbocycles. The lowest BCUT2D eigenvalue weighted by atomic mass is 10.0. The van der Waals surface area contributed by atoms with Gasteiger partial charge in [0.2, 0.25) is 0 Å². The van der Waals surface area contributed by atoms with Gasteiger partial charge in [-0.3, -0.25) is 4.79 Å². The average Bonchev–Trinajstić information content (AvgIpc) is 2.94. The molecule has 1 amide bonds. The van der Waals surface area contributed by atoms with Crippen LogP contribution in [-0.4, -0.2) is 18.5 Å². The van der Waals surface area contributed by atoms with Crippen molar-refractivity contribution < 1.29 is 9.21 Å². The molecular formula is C17H20N2O3. The van der Waals surface area contributed by atoms with Crippen molar-refractivity contribution in [2.45, 2.75) is 32.2 Å². The van der Waals surface area contributed by atoms with Crippen LogP contribution in [0.2, 0.25) is 0 Å². The van der Waals surface area contributed by atoms with E-state index in [0.29, 0.717) is 17.7 Å². The summed E-state index contributed by atoms with van der Waals surface area (Å²) in [5.41, 5.74) is 6.41. The Balaban J connectivity index is 1.95. The number of nitrogens with one attached hydrogen (secondary N) is 1. The minimum Gasteiger partial charge on any atom is -0.422 e. The topological polar surface area (TPSA) is 85.3 Å². The summed E-state index contributed by atoms with van der Waals surface area (Å²) in [5.74, 6) is -0.0703. The van der Waals surface area contributed by atoms with Crippen LogP contribution >= 0.6 is 0 Å². The number of amides is 1. The summed E-state index contributed by atoms with van der Waals surface area (Å²) in [6, 6.07) is 7.28. The smallest absolute Gasteiger partial charge is 0.349 e. The first-order chi connectivity index (χ1) is 10.6. The standard InChI is InChI=1S/C17H20N2O3/c1-10-12-6-2-3-8-14(12)22-17(21)15(10)16(20)19-13-7-4-5-11(13)9-18/h2-3,6,8,11,13H,4-5,7,9,18H2,1H3,(H,19,20). The van der Waals surface area contributed by atoms with E-state index in [1.54, 1.807) is 19.1 Å². The number of benzene rings is 1. The predicted molar refractivity (Wildman–Crippen MR) is 84.9 cm³/mol. The molecule has 0 spiro atoms. The van der Waals surface area contributed by atoms with Crippen LogP contribution in [0.5, 0.6) is 0 Å². The summed E-state index contributed by atoms with van der Waals surface area (Å²) in [6.07, 6.45) is 2.98. The van der Waals surface area contributed by atoms with E-state index in [4.69, 9.17) is 10.2 Å². The Morgan fingerprint density at radius 1 is 1.36 bits per heavy atom. The second kappa shape index (κ2) is 5.93. The highest BCUT2D eigenvalue weighted by Gasteiger charge is 2.29. The zero-order chi connectivity index (χ0) is 15.7. The van der Waals surface area contributed by atoms with Gasteiger partial charge in [0.15, 0.2) is 0 Å². The van der Waals surface area contributed by atoms with Gasteiger partial charge in [-0.25, -0.2) is 4.79 Å². The van der Waals surface area contributed by atoms with Crippen molar-refractivity contribution in [3.8, 4) is 0 Å². The van der Waals surface area contributed by atoms with Crippen LogP contribution in [0.15, 0.2) is 33.5 Å². The maximum atomic E-state index is 12.5. The highest BCUT2D eigenvalue weighted by atomic mass is 16.4. The third-order valence-electron chi connectivity index (χ3n) is 4.58. The number of aryl methyl sites for hydroxylation is 1. The first-order valence-corrected chi connectivity index (χ1v) is 7.65. The zero-order valence-corrected chi connectivity index (χ0v) is 12.6. The molecule has 5 heteroatoms. The first-order valence-electron chi connectivity index (χ1n) is 7.65. The van der Waals surface area contributed by atoms with Crippen molar-refractivity contribution in [1.82, 2.24) is 5.32 Å². The van der Waals surface area contributed by atoms with Crippen LogP contribution in [0.3, 0.4) is 0 Å². The van der Waals surface area contributed by atoms with Gasteiger partial charge < -0.3 is 15.5 Å². The molecular weight excluding hydrogens is 280 g/mol. The molecule has 0 aliphatic heterocycles. The largest absolute Gasteiger partial charge is 0.422 e. The first kappa shape index (κ1) is 14.8. The fourth-order valence-corrected chi connectivity index (χ4v) is 3.32. The van der Waals surface area contributed by atoms with Crippen molar-refractivity contribution >= 4 is 16.9 Å². The van der Waals surface area contributed by atoms with Crippen LogP contribution in [0.4, 0.5) is 0 Å². The summed E-state index contributed by atoms with van der Waals surface area (Å²) in [6.45, 7) is 2.33. The molecule has 22 heavy (non-hydrogen) atoms. The van der Waals surface area contributed by atoms with Crippen molar-refractivity contribution in [3.05, 3.63) is 45.8 Å². The van der Waals surface area contributed by atoms with E-state index < -0.39 is 5.63 Å². The van der Waals surface area contributed by atoms with Crippen LogP contribution in [-0.2, 0) is 0 Å². The van der Waals surface area contributed by atoms with Crippen LogP contribution in [0.25, 0.3) is 11.0 Å². The third kappa shape index (κ3) is 2.52. The molecule has 3 rings (SSSR count). The number of carbonyl (C=O) groups excluding carboxylic acids is 1. The van der Waals surface area contributed by atoms with Crippen molar-refractivity contribution in [3.63, 3.8) is 0 Å². The lowest BCUT2D eigenvalue weighted by Gasteiger charge is -2.19. The molecule has 1 heterocycles. The van der Waals surface area contributed by atoms with Gasteiger partial charge >= 0.3 is 5.63 Å². The molecule has 3 N–H and O–H groups in total. The molecule has 1 fully saturated rings. The van der Waals surface area contributed by atoms with Gasteiger partial charge in [-0.1, -0.05) is 24.6 Å². The lowest BCUT2D eigenvalue weighted by Crippen LogP contribution is -2.41. The Hall–Kier alpha value is -2.14. The lowest BCUT2D eigenvalue weighted by molar-refractivity contribution is 0.0924. The maximum absolute atomic E-state index is 12.5. The predicted octanol–water partition coefficient (Wildman–Crippen LogP) is 1.96. The third-order valence-corrected chi connectivity index (χ3v) is 4.58. The number of carbonyl (C=O) groups is 1. The van der Waals surface area contributed by atoms with E-state index in [1.807, 2.05) is 12.1 Å². The fraction of sp³-hybridized carbons (Fsp3) is 0.412. The van der Waals surface area contributed by atoms with Gasteiger partial charge in [0, 0.05) is 11.4 Å².